The maximum absolute atomic E-state index is 10.7. The van der Waals surface area contributed by atoms with Gasteiger partial charge in [0.05, 0.1) is 12.4 Å². The van der Waals surface area contributed by atoms with Crippen molar-refractivity contribution in [3.05, 3.63) is 35.8 Å². The van der Waals surface area contributed by atoms with Gasteiger partial charge in [-0.2, -0.15) is 0 Å². The van der Waals surface area contributed by atoms with Crippen LogP contribution in [-0.4, -0.2) is 36.6 Å². The van der Waals surface area contributed by atoms with Gasteiger partial charge in [0.15, 0.2) is 5.69 Å². The third kappa shape index (κ3) is 2.34. The van der Waals surface area contributed by atoms with Crippen LogP contribution < -0.4 is 5.32 Å². The molecule has 2 aromatic rings. The second-order valence-corrected chi connectivity index (χ2v) is 4.90. The molecule has 0 spiro atoms. The fourth-order valence-electron chi connectivity index (χ4n) is 2.41. The minimum absolute atomic E-state index is 0.0491. The van der Waals surface area contributed by atoms with E-state index >= 15 is 0 Å². The predicted molar refractivity (Wildman–Crippen MR) is 71.7 cm³/mol. The molecule has 2 aromatic heterocycles. The van der Waals surface area contributed by atoms with Gasteiger partial charge in [-0.1, -0.05) is 0 Å². The fourth-order valence-corrected chi connectivity index (χ4v) is 2.41. The van der Waals surface area contributed by atoms with E-state index in [-0.39, 0.29) is 11.7 Å². The Morgan fingerprint density at radius 1 is 1.35 bits per heavy atom. The monoisotopic (exact) mass is 273 g/mol. The van der Waals surface area contributed by atoms with E-state index in [0.29, 0.717) is 5.82 Å². The number of carboxylic acid groups (broad SMARTS) is 1. The first-order valence-corrected chi connectivity index (χ1v) is 6.46. The quantitative estimate of drug-likeness (QED) is 0.870. The molecule has 3 heterocycles. The third-order valence-corrected chi connectivity index (χ3v) is 3.48. The summed E-state index contributed by atoms with van der Waals surface area (Å²) >= 11 is 0. The highest BCUT2D eigenvalue weighted by molar-refractivity contribution is 5.84. The number of anilines is 1. The highest BCUT2D eigenvalue weighted by Crippen LogP contribution is 2.18. The smallest absolute Gasteiger partial charge is 0.356 e. The normalized spacial score (nSPS) is 17.6. The van der Waals surface area contributed by atoms with Gasteiger partial charge in [0, 0.05) is 30.9 Å². The van der Waals surface area contributed by atoms with Crippen LogP contribution in [0.25, 0.3) is 0 Å². The summed E-state index contributed by atoms with van der Waals surface area (Å²) in [6.45, 7) is 2.88. The predicted octanol–water partition coefficient (Wildman–Crippen LogP) is 1.11. The lowest BCUT2D eigenvalue weighted by molar-refractivity contribution is 0.0690. The standard InChI is InChI=1S/C13H15N5O2/c1-8-4-16-12-3-2-9(7-18(8)12)17-11-6-14-10(5-15-11)13(19)20/h4-6,9H,2-3,7H2,1H3,(H,15,17)(H,19,20). The highest BCUT2D eigenvalue weighted by atomic mass is 16.4. The number of aromatic nitrogens is 4. The van der Waals surface area contributed by atoms with Crippen LogP contribution in [0.15, 0.2) is 18.6 Å². The number of carbonyl (C=O) groups is 1. The Kier molecular flexibility index (Phi) is 3.09. The molecule has 0 aromatic carbocycles. The fraction of sp³-hybridized carbons (Fsp3) is 0.385. The average molecular weight is 273 g/mol. The summed E-state index contributed by atoms with van der Waals surface area (Å²) in [7, 11) is 0. The van der Waals surface area contributed by atoms with Crippen LogP contribution in [-0.2, 0) is 13.0 Å². The number of nitrogens with one attached hydrogen (secondary N) is 1. The van der Waals surface area contributed by atoms with E-state index in [4.69, 9.17) is 5.11 Å². The summed E-state index contributed by atoms with van der Waals surface area (Å²) in [6, 6.07) is 0.250. The molecular formula is C13H15N5O2. The Bertz CT molecular complexity index is 635. The molecule has 2 N–H and O–H groups in total. The number of nitrogens with zero attached hydrogens (tertiary/aromatic N) is 4. The molecule has 0 saturated carbocycles. The molecule has 0 saturated heterocycles. The topological polar surface area (TPSA) is 92.9 Å². The number of aromatic carboxylic acids is 1. The van der Waals surface area contributed by atoms with Crippen LogP contribution >= 0.6 is 0 Å². The molecule has 0 aliphatic carbocycles. The summed E-state index contributed by atoms with van der Waals surface area (Å²) in [5.74, 6) is 0.648. The van der Waals surface area contributed by atoms with Gasteiger partial charge in [-0.25, -0.2) is 19.7 Å². The average Bonchev–Trinajstić information content (AvgIpc) is 2.81. The maximum atomic E-state index is 10.7. The summed E-state index contributed by atoms with van der Waals surface area (Å²) in [4.78, 5) is 23.0. The van der Waals surface area contributed by atoms with Crippen LogP contribution in [0.5, 0.6) is 0 Å². The summed E-state index contributed by atoms with van der Waals surface area (Å²) in [5.41, 5.74) is 1.10. The Morgan fingerprint density at radius 3 is 2.90 bits per heavy atom. The van der Waals surface area contributed by atoms with E-state index in [2.05, 4.69) is 24.8 Å². The van der Waals surface area contributed by atoms with Crippen molar-refractivity contribution in [3.63, 3.8) is 0 Å². The molecule has 1 unspecified atom stereocenters. The molecule has 104 valence electrons. The van der Waals surface area contributed by atoms with Gasteiger partial charge < -0.3 is 15.0 Å². The number of imidazole rings is 1. The van der Waals surface area contributed by atoms with Crippen LogP contribution in [0.3, 0.4) is 0 Å². The van der Waals surface area contributed by atoms with Crippen molar-refractivity contribution in [2.45, 2.75) is 32.4 Å². The van der Waals surface area contributed by atoms with Gasteiger partial charge in [0.25, 0.3) is 0 Å². The van der Waals surface area contributed by atoms with Gasteiger partial charge >= 0.3 is 5.97 Å². The summed E-state index contributed by atoms with van der Waals surface area (Å²) in [6.07, 6.45) is 6.51. The number of fused-ring (bicyclic) bond motifs is 1. The van der Waals surface area contributed by atoms with Crippen LogP contribution in [0.1, 0.15) is 28.4 Å². The van der Waals surface area contributed by atoms with Gasteiger partial charge in [-0.3, -0.25) is 0 Å². The Hall–Kier alpha value is -2.44. The van der Waals surface area contributed by atoms with Crippen LogP contribution in [0.2, 0.25) is 0 Å². The van der Waals surface area contributed by atoms with E-state index < -0.39 is 5.97 Å². The zero-order valence-corrected chi connectivity index (χ0v) is 11.1. The third-order valence-electron chi connectivity index (χ3n) is 3.48. The Balaban J connectivity index is 1.70. The number of aryl methyl sites for hydroxylation is 2. The second-order valence-electron chi connectivity index (χ2n) is 4.90. The van der Waals surface area contributed by atoms with Crippen molar-refractivity contribution in [3.8, 4) is 0 Å². The SMILES string of the molecule is Cc1cnc2n1CC(Nc1cnc(C(=O)O)cn1)CC2. The van der Waals surface area contributed by atoms with Crippen molar-refractivity contribution in [2.24, 2.45) is 0 Å². The molecular weight excluding hydrogens is 258 g/mol. The van der Waals surface area contributed by atoms with E-state index in [9.17, 15) is 4.79 Å². The molecule has 7 heteroatoms. The summed E-state index contributed by atoms with van der Waals surface area (Å²) in [5, 5.41) is 12.1. The van der Waals surface area contributed by atoms with E-state index in [1.165, 1.54) is 12.4 Å². The number of hydrogen-bond donors (Lipinski definition) is 2. The van der Waals surface area contributed by atoms with E-state index in [1.54, 1.807) is 0 Å². The Morgan fingerprint density at radius 2 is 2.20 bits per heavy atom. The molecule has 7 nitrogen and oxygen atoms in total. The summed E-state index contributed by atoms with van der Waals surface area (Å²) < 4.78 is 2.19. The lowest BCUT2D eigenvalue weighted by Crippen LogP contribution is -2.32. The maximum Gasteiger partial charge on any atom is 0.356 e. The second kappa shape index (κ2) is 4.92. The van der Waals surface area contributed by atoms with E-state index in [0.717, 1.165) is 30.9 Å². The first kappa shape index (κ1) is 12.6. The van der Waals surface area contributed by atoms with Crippen molar-refractivity contribution in [1.82, 2.24) is 19.5 Å². The largest absolute Gasteiger partial charge is 0.476 e. The molecule has 0 amide bonds. The molecule has 1 aliphatic heterocycles. The number of rotatable bonds is 3. The van der Waals surface area contributed by atoms with Crippen LogP contribution in [0, 0.1) is 6.92 Å². The van der Waals surface area contributed by atoms with Crippen LogP contribution in [0.4, 0.5) is 5.82 Å². The Labute approximate surface area is 115 Å². The first-order valence-electron chi connectivity index (χ1n) is 6.46. The van der Waals surface area contributed by atoms with Gasteiger partial charge in [0.1, 0.15) is 11.6 Å². The van der Waals surface area contributed by atoms with Crippen molar-refractivity contribution < 1.29 is 9.90 Å². The van der Waals surface area contributed by atoms with Gasteiger partial charge in [-0.15, -0.1) is 0 Å². The van der Waals surface area contributed by atoms with Crippen molar-refractivity contribution in [2.75, 3.05) is 5.32 Å². The van der Waals surface area contributed by atoms with Crippen molar-refractivity contribution >= 4 is 11.8 Å². The molecule has 20 heavy (non-hydrogen) atoms. The molecule has 1 atom stereocenters. The zero-order chi connectivity index (χ0) is 14.1. The number of carboxylic acids is 1. The molecule has 0 fully saturated rings. The molecule has 0 radical (unpaired) electrons. The minimum atomic E-state index is -1.07. The van der Waals surface area contributed by atoms with Crippen molar-refractivity contribution in [1.29, 1.82) is 0 Å². The highest BCUT2D eigenvalue weighted by Gasteiger charge is 2.20. The minimum Gasteiger partial charge on any atom is -0.476 e. The lowest BCUT2D eigenvalue weighted by atomic mass is 10.1. The zero-order valence-electron chi connectivity index (χ0n) is 11.1. The molecule has 0 bridgehead atoms. The lowest BCUT2D eigenvalue weighted by Gasteiger charge is -2.26. The number of hydrogen-bond acceptors (Lipinski definition) is 5. The molecule has 3 rings (SSSR count). The van der Waals surface area contributed by atoms with Gasteiger partial charge in [0.2, 0.25) is 0 Å². The molecule has 1 aliphatic rings. The first-order chi connectivity index (χ1) is 9.63. The van der Waals surface area contributed by atoms with E-state index in [1.807, 2.05) is 13.1 Å². The van der Waals surface area contributed by atoms with Gasteiger partial charge in [-0.05, 0) is 13.3 Å².